The third kappa shape index (κ3) is 2.76. The molecule has 0 bridgehead atoms. The molecule has 1 fully saturated rings. The van der Waals surface area contributed by atoms with Crippen molar-refractivity contribution in [3.63, 3.8) is 0 Å². The smallest absolute Gasteiger partial charge is 0.378 e. The molecule has 17 heavy (non-hydrogen) atoms. The Morgan fingerprint density at radius 3 is 2.65 bits per heavy atom. The van der Waals surface area contributed by atoms with Crippen LogP contribution in [0.5, 0.6) is 0 Å². The number of hydrogen-bond donors (Lipinski definition) is 1. The Bertz CT molecular complexity index is 399. The van der Waals surface area contributed by atoms with Crippen LogP contribution in [0.4, 0.5) is 17.6 Å². The molecule has 1 N–H and O–H groups in total. The van der Waals surface area contributed by atoms with Crippen molar-refractivity contribution < 1.29 is 22.3 Å². The molecule has 1 aliphatic heterocycles. The Morgan fingerprint density at radius 1 is 1.29 bits per heavy atom. The fourth-order valence-corrected chi connectivity index (χ4v) is 1.85. The lowest BCUT2D eigenvalue weighted by molar-refractivity contribution is -0.138. The first kappa shape index (κ1) is 12.3. The number of halogens is 4. The summed E-state index contributed by atoms with van der Waals surface area (Å²) in [6.45, 7) is 1.03. The molecule has 2 nitrogen and oxygen atoms in total. The minimum absolute atomic E-state index is 0.0998. The van der Waals surface area contributed by atoms with Gasteiger partial charge in [0.15, 0.2) is 0 Å². The molecule has 1 aromatic carbocycles. The number of nitrogens with one attached hydrogen (secondary N) is 1. The van der Waals surface area contributed by atoms with Crippen molar-refractivity contribution in [2.45, 2.75) is 12.2 Å². The summed E-state index contributed by atoms with van der Waals surface area (Å²) in [5, 5.41) is 2.88. The molecule has 1 unspecified atom stereocenters. The normalized spacial score (nSPS) is 21.5. The van der Waals surface area contributed by atoms with Crippen LogP contribution < -0.4 is 5.32 Å². The van der Waals surface area contributed by atoms with Crippen LogP contribution in [0.2, 0.25) is 0 Å². The van der Waals surface area contributed by atoms with Gasteiger partial charge in [0.1, 0.15) is 5.82 Å². The van der Waals surface area contributed by atoms with Crippen LogP contribution in [-0.4, -0.2) is 19.8 Å². The molecule has 1 atom stereocenters. The highest BCUT2D eigenvalue weighted by Crippen LogP contribution is 2.35. The van der Waals surface area contributed by atoms with Gasteiger partial charge in [-0.05, 0) is 23.8 Å². The topological polar surface area (TPSA) is 21.3 Å². The van der Waals surface area contributed by atoms with Crippen molar-refractivity contribution in [1.29, 1.82) is 0 Å². The van der Waals surface area contributed by atoms with Crippen molar-refractivity contribution in [3.8, 4) is 0 Å². The molecule has 0 aromatic heterocycles. The number of benzene rings is 1. The molecule has 6 heteroatoms. The molecule has 2 rings (SSSR count). The van der Waals surface area contributed by atoms with Gasteiger partial charge in [0.2, 0.25) is 0 Å². The molecule has 94 valence electrons. The second-order valence-electron chi connectivity index (χ2n) is 3.81. The average molecular weight is 249 g/mol. The molecular formula is C11H11F4NO. The van der Waals surface area contributed by atoms with Gasteiger partial charge in [0.25, 0.3) is 0 Å². The van der Waals surface area contributed by atoms with E-state index in [9.17, 15) is 17.6 Å². The summed E-state index contributed by atoms with van der Waals surface area (Å²) < 4.78 is 56.4. The monoisotopic (exact) mass is 249 g/mol. The predicted octanol–water partition coefficient (Wildman–Crippen LogP) is 2.51. The molecule has 0 amide bonds. The fraction of sp³-hybridized carbons (Fsp3) is 0.455. The summed E-state index contributed by atoms with van der Waals surface area (Å²) in [4.78, 5) is 0. The Kier molecular flexibility index (Phi) is 3.35. The number of alkyl halides is 3. The van der Waals surface area contributed by atoms with Crippen molar-refractivity contribution in [1.82, 2.24) is 5.32 Å². The highest BCUT2D eigenvalue weighted by Gasteiger charge is 2.35. The average Bonchev–Trinajstić information content (AvgIpc) is 2.28. The van der Waals surface area contributed by atoms with Crippen molar-refractivity contribution >= 4 is 0 Å². The summed E-state index contributed by atoms with van der Waals surface area (Å²) in [6, 6.07) is 1.88. The van der Waals surface area contributed by atoms with Gasteiger partial charge in [0.05, 0.1) is 24.8 Å². The second-order valence-corrected chi connectivity index (χ2v) is 3.81. The second kappa shape index (κ2) is 4.62. The van der Waals surface area contributed by atoms with Gasteiger partial charge in [-0.15, -0.1) is 0 Å². The highest BCUT2D eigenvalue weighted by atomic mass is 19.4. The zero-order chi connectivity index (χ0) is 12.5. The van der Waals surface area contributed by atoms with E-state index in [1.54, 1.807) is 0 Å². The predicted molar refractivity (Wildman–Crippen MR) is 53.0 cm³/mol. The molecule has 0 aliphatic carbocycles. The van der Waals surface area contributed by atoms with Crippen LogP contribution in [0.1, 0.15) is 17.2 Å². The van der Waals surface area contributed by atoms with E-state index >= 15 is 0 Å². The van der Waals surface area contributed by atoms with Gasteiger partial charge >= 0.3 is 6.18 Å². The Hall–Kier alpha value is -1.14. The van der Waals surface area contributed by atoms with Crippen LogP contribution in [0.25, 0.3) is 0 Å². The van der Waals surface area contributed by atoms with Gasteiger partial charge in [-0.1, -0.05) is 0 Å². The molecule has 1 aliphatic rings. The summed E-state index contributed by atoms with van der Waals surface area (Å²) >= 11 is 0. The minimum atomic E-state index is -4.48. The van der Waals surface area contributed by atoms with Crippen molar-refractivity contribution in [3.05, 3.63) is 35.1 Å². The first-order valence-electron chi connectivity index (χ1n) is 5.16. The first-order chi connectivity index (χ1) is 7.98. The number of morpholine rings is 1. The highest BCUT2D eigenvalue weighted by molar-refractivity contribution is 5.33. The van der Waals surface area contributed by atoms with Crippen LogP contribution in [0, 0.1) is 5.82 Å². The summed E-state index contributed by atoms with van der Waals surface area (Å²) in [7, 11) is 0. The van der Waals surface area contributed by atoms with Crippen LogP contribution in [0.3, 0.4) is 0 Å². The van der Waals surface area contributed by atoms with Gasteiger partial charge in [-0.25, -0.2) is 4.39 Å². The maximum atomic E-state index is 13.1. The van der Waals surface area contributed by atoms with E-state index < -0.39 is 23.6 Å². The Labute approximate surface area is 95.6 Å². The van der Waals surface area contributed by atoms with Gasteiger partial charge in [-0.2, -0.15) is 13.2 Å². The lowest BCUT2D eigenvalue weighted by Crippen LogP contribution is -2.35. The third-order valence-corrected chi connectivity index (χ3v) is 2.62. The first-order valence-corrected chi connectivity index (χ1v) is 5.16. The van der Waals surface area contributed by atoms with Crippen LogP contribution >= 0.6 is 0 Å². The Morgan fingerprint density at radius 2 is 2.06 bits per heavy atom. The molecule has 1 heterocycles. The van der Waals surface area contributed by atoms with Crippen LogP contribution in [-0.2, 0) is 10.9 Å². The Balaban J connectivity index is 2.39. The molecular weight excluding hydrogens is 238 g/mol. The molecule has 1 aromatic rings. The molecule has 0 spiro atoms. The number of ether oxygens (including phenoxy) is 1. The summed E-state index contributed by atoms with van der Waals surface area (Å²) in [5.74, 6) is -0.680. The fourth-order valence-electron chi connectivity index (χ4n) is 1.85. The zero-order valence-electron chi connectivity index (χ0n) is 8.85. The zero-order valence-corrected chi connectivity index (χ0v) is 8.85. The van der Waals surface area contributed by atoms with Crippen LogP contribution in [0.15, 0.2) is 18.2 Å². The van der Waals surface area contributed by atoms with E-state index in [-0.39, 0.29) is 12.2 Å². The third-order valence-electron chi connectivity index (χ3n) is 2.62. The maximum absolute atomic E-state index is 13.1. The van der Waals surface area contributed by atoms with E-state index in [4.69, 9.17) is 4.74 Å². The molecule has 0 saturated carbocycles. The minimum Gasteiger partial charge on any atom is -0.378 e. The number of hydrogen-bond acceptors (Lipinski definition) is 2. The number of rotatable bonds is 1. The lowest BCUT2D eigenvalue weighted by Gasteiger charge is -2.26. The van der Waals surface area contributed by atoms with Crippen molar-refractivity contribution in [2.75, 3.05) is 19.8 Å². The SMILES string of the molecule is Fc1ccc(C(F)(F)F)c(C2COCCN2)c1. The van der Waals surface area contributed by atoms with E-state index in [0.29, 0.717) is 13.2 Å². The largest absolute Gasteiger partial charge is 0.416 e. The standard InChI is InChI=1S/C11H11F4NO/c12-7-1-2-9(11(13,14)15)8(5-7)10-6-17-4-3-16-10/h1-2,5,10,16H,3-4,6H2. The van der Waals surface area contributed by atoms with Gasteiger partial charge in [0, 0.05) is 6.54 Å². The summed E-state index contributed by atoms with van der Waals surface area (Å²) in [6.07, 6.45) is -4.48. The molecule has 1 saturated heterocycles. The van der Waals surface area contributed by atoms with E-state index in [2.05, 4.69) is 5.32 Å². The van der Waals surface area contributed by atoms with E-state index in [1.807, 2.05) is 0 Å². The van der Waals surface area contributed by atoms with Crippen molar-refractivity contribution in [2.24, 2.45) is 0 Å². The van der Waals surface area contributed by atoms with E-state index in [0.717, 1.165) is 18.2 Å². The molecule has 0 radical (unpaired) electrons. The quantitative estimate of drug-likeness (QED) is 0.772. The summed E-state index contributed by atoms with van der Waals surface area (Å²) in [5.41, 5.74) is -0.917. The maximum Gasteiger partial charge on any atom is 0.416 e. The van der Waals surface area contributed by atoms with E-state index in [1.165, 1.54) is 0 Å². The van der Waals surface area contributed by atoms with Gasteiger partial charge < -0.3 is 10.1 Å². The lowest BCUT2D eigenvalue weighted by atomic mass is 9.99. The van der Waals surface area contributed by atoms with Gasteiger partial charge in [-0.3, -0.25) is 0 Å².